The van der Waals surface area contributed by atoms with Crippen molar-refractivity contribution in [3.05, 3.63) is 106 Å². The topological polar surface area (TPSA) is 78.4 Å². The molecule has 1 atom stereocenters. The first-order chi connectivity index (χ1) is 15.4. The second-order valence-corrected chi connectivity index (χ2v) is 7.63. The number of carbonyl (C=O) groups excluding carboxylic acids is 2. The number of nitrogens with one attached hydrogen (secondary N) is 2. The molecule has 1 heterocycles. The van der Waals surface area contributed by atoms with Gasteiger partial charge in [-0.3, -0.25) is 9.59 Å². The number of halogens is 1. The number of hydrogen-bond acceptors (Lipinski definition) is 5. The fourth-order valence-electron chi connectivity index (χ4n) is 3.85. The van der Waals surface area contributed by atoms with E-state index in [1.54, 1.807) is 31.2 Å². The molecule has 0 aliphatic carbocycles. The van der Waals surface area contributed by atoms with Crippen LogP contribution in [0.1, 0.15) is 51.3 Å². The van der Waals surface area contributed by atoms with Gasteiger partial charge in [0.2, 0.25) is 11.6 Å². The molecule has 5 nitrogen and oxygen atoms in total. The van der Waals surface area contributed by atoms with E-state index in [0.29, 0.717) is 28.9 Å². The number of anilines is 2. The van der Waals surface area contributed by atoms with Crippen LogP contribution in [0, 0.1) is 12.7 Å². The summed E-state index contributed by atoms with van der Waals surface area (Å²) in [6.45, 7) is 3.58. The van der Waals surface area contributed by atoms with Crippen molar-refractivity contribution < 1.29 is 19.1 Å². The van der Waals surface area contributed by atoms with Crippen LogP contribution in [0.15, 0.2) is 78.1 Å². The van der Waals surface area contributed by atoms with Gasteiger partial charge in [0.25, 0.3) is 0 Å². The van der Waals surface area contributed by atoms with Gasteiger partial charge in [-0.05, 0) is 48.7 Å². The van der Waals surface area contributed by atoms with Crippen molar-refractivity contribution in [1.29, 1.82) is 0 Å². The largest absolute Gasteiger partial charge is 0.388 e. The molecule has 0 radical (unpaired) electrons. The van der Waals surface area contributed by atoms with Gasteiger partial charge in [-0.15, -0.1) is 0 Å². The van der Waals surface area contributed by atoms with E-state index in [1.165, 1.54) is 18.2 Å². The Labute approximate surface area is 185 Å². The Morgan fingerprint density at radius 1 is 0.875 bits per heavy atom. The van der Waals surface area contributed by atoms with Crippen LogP contribution in [-0.4, -0.2) is 16.7 Å². The molecule has 162 valence electrons. The van der Waals surface area contributed by atoms with Crippen molar-refractivity contribution in [3.8, 4) is 0 Å². The molecule has 0 unspecified atom stereocenters. The van der Waals surface area contributed by atoms with Gasteiger partial charge in [-0.25, -0.2) is 4.39 Å². The number of aliphatic hydroxyl groups excluding tert-OH is 1. The fraction of sp³-hybridized carbons (Fsp3) is 0.154. The maximum Gasteiger partial charge on any atom is 0.203 e. The number of aliphatic hydroxyl groups is 1. The third-order valence-corrected chi connectivity index (χ3v) is 5.64. The molecule has 0 saturated carbocycles. The molecule has 1 aliphatic heterocycles. The summed E-state index contributed by atoms with van der Waals surface area (Å²) in [6, 6.07) is 17.9. The van der Waals surface area contributed by atoms with E-state index < -0.39 is 23.5 Å². The Kier molecular flexibility index (Phi) is 5.88. The summed E-state index contributed by atoms with van der Waals surface area (Å²) < 4.78 is 14.5. The second-order valence-electron chi connectivity index (χ2n) is 7.63. The highest BCUT2D eigenvalue weighted by atomic mass is 19.1. The van der Waals surface area contributed by atoms with Crippen molar-refractivity contribution in [2.75, 3.05) is 10.6 Å². The molecule has 0 aromatic heterocycles. The lowest BCUT2D eigenvalue weighted by Gasteiger charge is -2.17. The molecule has 0 spiro atoms. The number of hydrogen-bond donors (Lipinski definition) is 3. The van der Waals surface area contributed by atoms with Gasteiger partial charge in [0.05, 0.1) is 23.0 Å². The smallest absolute Gasteiger partial charge is 0.203 e. The van der Waals surface area contributed by atoms with Crippen LogP contribution in [0.2, 0.25) is 0 Å². The molecule has 3 aromatic rings. The lowest BCUT2D eigenvalue weighted by Crippen LogP contribution is -2.22. The van der Waals surface area contributed by atoms with Crippen LogP contribution in [0.25, 0.3) is 0 Å². The minimum atomic E-state index is -0.729. The minimum Gasteiger partial charge on any atom is -0.388 e. The third-order valence-electron chi connectivity index (χ3n) is 5.64. The molecular weight excluding hydrogens is 407 g/mol. The molecule has 4 rings (SSSR count). The van der Waals surface area contributed by atoms with Crippen LogP contribution in [0.3, 0.4) is 0 Å². The van der Waals surface area contributed by atoms with Gasteiger partial charge >= 0.3 is 0 Å². The Hall–Kier alpha value is -3.77. The molecule has 0 amide bonds. The van der Waals surface area contributed by atoms with E-state index in [2.05, 4.69) is 10.6 Å². The number of benzene rings is 3. The average molecular weight is 430 g/mol. The summed E-state index contributed by atoms with van der Waals surface area (Å²) in [4.78, 5) is 27.2. The molecule has 3 N–H and O–H groups in total. The van der Waals surface area contributed by atoms with E-state index in [-0.39, 0.29) is 22.5 Å². The van der Waals surface area contributed by atoms with E-state index in [9.17, 15) is 19.1 Å². The van der Waals surface area contributed by atoms with Crippen molar-refractivity contribution in [3.63, 3.8) is 0 Å². The summed E-state index contributed by atoms with van der Waals surface area (Å²) >= 11 is 0. The number of Topliss-reactive ketones (excluding diaryl/α,β-unsaturated/α-hetero) is 2. The number of para-hydroxylation sites is 2. The Balaban J connectivity index is 1.87. The quantitative estimate of drug-likeness (QED) is 0.211. The van der Waals surface area contributed by atoms with Crippen molar-refractivity contribution in [1.82, 2.24) is 0 Å². The van der Waals surface area contributed by atoms with Crippen LogP contribution < -0.4 is 10.6 Å². The molecule has 3 aromatic carbocycles. The third kappa shape index (κ3) is 3.81. The standard InChI is InChI=1S/C26H23FN2O3/c1-3-22(30)16-10-8-11-17(15(16)2)24(31)23(25(32)18-9-4-5-12-19(18)27)26-28-20-13-6-7-14-21(20)29-26/h4-14,22,28-30H,3H2,1-2H3/t22-/m0/s1. The van der Waals surface area contributed by atoms with Gasteiger partial charge in [0, 0.05) is 5.56 Å². The fourth-order valence-corrected chi connectivity index (χ4v) is 3.85. The molecule has 1 aliphatic rings. The number of fused-ring (bicyclic) bond motifs is 1. The van der Waals surface area contributed by atoms with Gasteiger partial charge in [-0.1, -0.05) is 49.4 Å². The summed E-state index contributed by atoms with van der Waals surface area (Å²) in [5.41, 5.74) is 2.52. The second kappa shape index (κ2) is 8.77. The molecule has 6 heteroatoms. The monoisotopic (exact) mass is 430 g/mol. The SMILES string of the molecule is CC[C@H](O)c1cccc(C(=O)C(C(=O)c2ccccc2F)=C2Nc3ccccc3N2)c1C. The van der Waals surface area contributed by atoms with E-state index >= 15 is 0 Å². The van der Waals surface area contributed by atoms with Crippen molar-refractivity contribution in [2.24, 2.45) is 0 Å². The van der Waals surface area contributed by atoms with Gasteiger partial charge in [0.1, 0.15) is 17.2 Å². The first-order valence-corrected chi connectivity index (χ1v) is 10.4. The van der Waals surface area contributed by atoms with E-state index in [1.807, 2.05) is 31.2 Å². The Bertz CT molecular complexity index is 1220. The number of allylic oxidation sites excluding steroid dienone is 1. The Morgan fingerprint density at radius 3 is 2.06 bits per heavy atom. The van der Waals surface area contributed by atoms with Crippen LogP contribution in [0.4, 0.5) is 15.8 Å². The number of ketones is 2. The lowest BCUT2D eigenvalue weighted by molar-refractivity contribution is 0.0959. The first-order valence-electron chi connectivity index (χ1n) is 10.4. The van der Waals surface area contributed by atoms with Crippen molar-refractivity contribution >= 4 is 22.9 Å². The average Bonchev–Trinajstić information content (AvgIpc) is 3.22. The number of carbonyl (C=O) groups is 2. The summed E-state index contributed by atoms with van der Waals surface area (Å²) in [5, 5.41) is 16.5. The molecule has 0 fully saturated rings. The van der Waals surface area contributed by atoms with Gasteiger partial charge in [0.15, 0.2) is 0 Å². The zero-order chi connectivity index (χ0) is 22.8. The minimum absolute atomic E-state index is 0.190. The summed E-state index contributed by atoms with van der Waals surface area (Å²) in [5.74, 6) is -1.78. The van der Waals surface area contributed by atoms with Gasteiger partial charge < -0.3 is 15.7 Å². The highest BCUT2D eigenvalue weighted by Crippen LogP contribution is 2.33. The highest BCUT2D eigenvalue weighted by Gasteiger charge is 2.31. The van der Waals surface area contributed by atoms with Crippen LogP contribution in [-0.2, 0) is 0 Å². The predicted octanol–water partition coefficient (Wildman–Crippen LogP) is 5.39. The predicted molar refractivity (Wildman–Crippen MR) is 122 cm³/mol. The van der Waals surface area contributed by atoms with Crippen molar-refractivity contribution in [2.45, 2.75) is 26.4 Å². The van der Waals surface area contributed by atoms with Crippen LogP contribution in [0.5, 0.6) is 0 Å². The van der Waals surface area contributed by atoms with Gasteiger partial charge in [-0.2, -0.15) is 0 Å². The molecular formula is C26H23FN2O3. The molecule has 32 heavy (non-hydrogen) atoms. The Morgan fingerprint density at radius 2 is 1.44 bits per heavy atom. The molecule has 0 bridgehead atoms. The normalized spacial score (nSPS) is 13.1. The summed E-state index contributed by atoms with van der Waals surface area (Å²) in [7, 11) is 0. The zero-order valence-electron chi connectivity index (χ0n) is 17.8. The summed E-state index contributed by atoms with van der Waals surface area (Å²) in [6.07, 6.45) is -0.243. The zero-order valence-corrected chi connectivity index (χ0v) is 17.8. The lowest BCUT2D eigenvalue weighted by atomic mass is 9.89. The first kappa shape index (κ1) is 21.5. The van der Waals surface area contributed by atoms with E-state index in [0.717, 1.165) is 0 Å². The number of rotatable bonds is 6. The highest BCUT2D eigenvalue weighted by molar-refractivity contribution is 6.32. The van der Waals surface area contributed by atoms with E-state index in [4.69, 9.17) is 0 Å². The maximum absolute atomic E-state index is 14.5. The molecule has 0 saturated heterocycles. The maximum atomic E-state index is 14.5. The van der Waals surface area contributed by atoms with Crippen LogP contribution >= 0.6 is 0 Å².